The van der Waals surface area contributed by atoms with Gasteiger partial charge in [-0.25, -0.2) is 9.78 Å². The number of hydrogen-bond donors (Lipinski definition) is 1. The van der Waals surface area contributed by atoms with Gasteiger partial charge in [-0.3, -0.25) is 4.79 Å². The molecule has 0 unspecified atom stereocenters. The average molecular weight is 319 g/mol. The molecule has 0 atom stereocenters. The number of nitriles is 1. The van der Waals surface area contributed by atoms with E-state index in [0.29, 0.717) is 16.8 Å². The molecule has 116 valence electrons. The lowest BCUT2D eigenvalue weighted by Gasteiger charge is -2.09. The van der Waals surface area contributed by atoms with E-state index in [9.17, 15) is 14.9 Å². The summed E-state index contributed by atoms with van der Waals surface area (Å²) in [6.45, 7) is 3.66. The summed E-state index contributed by atoms with van der Waals surface area (Å²) in [4.78, 5) is 27.8. The van der Waals surface area contributed by atoms with Crippen LogP contribution in [0.5, 0.6) is 0 Å². The Morgan fingerprint density at radius 1 is 1.55 bits per heavy atom. The second-order valence-corrected chi connectivity index (χ2v) is 5.90. The van der Waals surface area contributed by atoms with Crippen molar-refractivity contribution < 1.29 is 14.3 Å². The van der Waals surface area contributed by atoms with Crippen LogP contribution in [0.25, 0.3) is 0 Å². The van der Waals surface area contributed by atoms with Crippen molar-refractivity contribution in [3.05, 3.63) is 22.9 Å². The third kappa shape index (κ3) is 4.21. The first kappa shape index (κ1) is 16.3. The Morgan fingerprint density at radius 3 is 2.86 bits per heavy atom. The predicted molar refractivity (Wildman–Crippen MR) is 81.5 cm³/mol. The summed E-state index contributed by atoms with van der Waals surface area (Å²) >= 11 is 1.20. The van der Waals surface area contributed by atoms with Gasteiger partial charge in [0.15, 0.2) is 0 Å². The number of aromatic nitrogens is 1. The quantitative estimate of drug-likeness (QED) is 0.635. The zero-order valence-electron chi connectivity index (χ0n) is 12.5. The molecule has 0 spiro atoms. The van der Waals surface area contributed by atoms with E-state index in [1.165, 1.54) is 17.8 Å². The van der Waals surface area contributed by atoms with Crippen molar-refractivity contribution >= 4 is 23.6 Å². The van der Waals surface area contributed by atoms with Crippen molar-refractivity contribution in [2.45, 2.75) is 37.8 Å². The molecule has 22 heavy (non-hydrogen) atoms. The van der Waals surface area contributed by atoms with Gasteiger partial charge in [-0.1, -0.05) is 11.8 Å². The van der Waals surface area contributed by atoms with Crippen molar-refractivity contribution in [3.8, 4) is 6.07 Å². The molecule has 0 aliphatic heterocycles. The fourth-order valence-electron chi connectivity index (χ4n) is 1.82. The molecule has 1 aliphatic carbocycles. The smallest absolute Gasteiger partial charge is 0.340 e. The second-order valence-electron chi connectivity index (χ2n) is 4.94. The molecule has 1 aromatic heterocycles. The number of carbonyl (C=O) groups is 2. The monoisotopic (exact) mass is 319 g/mol. The highest BCUT2D eigenvalue weighted by molar-refractivity contribution is 8.00. The third-order valence-electron chi connectivity index (χ3n) is 3.08. The SMILES string of the molecule is CCOC(=O)c1cc(C#N)c(SCC(=O)NC2CC2)nc1C. The van der Waals surface area contributed by atoms with Crippen LogP contribution in [0.15, 0.2) is 11.1 Å². The zero-order chi connectivity index (χ0) is 16.1. The van der Waals surface area contributed by atoms with Gasteiger partial charge in [-0.15, -0.1) is 0 Å². The van der Waals surface area contributed by atoms with E-state index in [1.54, 1.807) is 13.8 Å². The van der Waals surface area contributed by atoms with Crippen LogP contribution in [0, 0.1) is 18.3 Å². The number of amides is 1. The van der Waals surface area contributed by atoms with Crippen LogP contribution in [-0.2, 0) is 9.53 Å². The number of aryl methyl sites for hydroxylation is 1. The number of esters is 1. The maximum atomic E-state index is 11.8. The number of thioether (sulfide) groups is 1. The van der Waals surface area contributed by atoms with Crippen molar-refractivity contribution in [1.82, 2.24) is 10.3 Å². The molecule has 0 aromatic carbocycles. The van der Waals surface area contributed by atoms with Crippen molar-refractivity contribution in [1.29, 1.82) is 5.26 Å². The number of ether oxygens (including phenoxy) is 1. The van der Waals surface area contributed by atoms with E-state index >= 15 is 0 Å². The lowest BCUT2D eigenvalue weighted by atomic mass is 10.1. The van der Waals surface area contributed by atoms with Crippen LogP contribution in [0.2, 0.25) is 0 Å². The van der Waals surface area contributed by atoms with E-state index in [2.05, 4.69) is 10.3 Å². The number of rotatable bonds is 6. The molecule has 0 bridgehead atoms. The molecular formula is C15H17N3O3S. The van der Waals surface area contributed by atoms with Gasteiger partial charge in [0.25, 0.3) is 0 Å². The molecule has 1 aromatic rings. The summed E-state index contributed by atoms with van der Waals surface area (Å²) in [7, 11) is 0. The highest BCUT2D eigenvalue weighted by Crippen LogP contribution is 2.24. The van der Waals surface area contributed by atoms with Crippen LogP contribution in [0.4, 0.5) is 0 Å². The van der Waals surface area contributed by atoms with Gasteiger partial charge in [-0.2, -0.15) is 5.26 Å². The summed E-state index contributed by atoms with van der Waals surface area (Å²) in [5, 5.41) is 12.5. The Morgan fingerprint density at radius 2 is 2.27 bits per heavy atom. The van der Waals surface area contributed by atoms with E-state index in [4.69, 9.17) is 4.74 Å². The van der Waals surface area contributed by atoms with Crippen LogP contribution < -0.4 is 5.32 Å². The fraction of sp³-hybridized carbons (Fsp3) is 0.467. The van der Waals surface area contributed by atoms with Crippen LogP contribution in [0.3, 0.4) is 0 Å². The van der Waals surface area contributed by atoms with Gasteiger partial charge in [0.2, 0.25) is 5.91 Å². The second kappa shape index (κ2) is 7.27. The molecule has 1 heterocycles. The van der Waals surface area contributed by atoms with Crippen LogP contribution in [-0.4, -0.2) is 35.3 Å². The summed E-state index contributed by atoms with van der Waals surface area (Å²) < 4.78 is 4.94. The van der Waals surface area contributed by atoms with Crippen molar-refractivity contribution in [2.24, 2.45) is 0 Å². The molecule has 1 N–H and O–H groups in total. The first-order valence-electron chi connectivity index (χ1n) is 7.06. The Hall–Kier alpha value is -2.07. The molecule has 6 nitrogen and oxygen atoms in total. The number of carbonyl (C=O) groups excluding carboxylic acids is 2. The Bertz CT molecular complexity index is 636. The van der Waals surface area contributed by atoms with Gasteiger partial charge >= 0.3 is 5.97 Å². The zero-order valence-corrected chi connectivity index (χ0v) is 13.3. The maximum absolute atomic E-state index is 11.8. The topological polar surface area (TPSA) is 92.1 Å². The molecule has 0 saturated heterocycles. The van der Waals surface area contributed by atoms with Gasteiger partial charge < -0.3 is 10.1 Å². The number of pyridine rings is 1. The summed E-state index contributed by atoms with van der Waals surface area (Å²) in [5.41, 5.74) is 1.05. The molecule has 0 radical (unpaired) electrons. The molecule has 1 saturated carbocycles. The van der Waals surface area contributed by atoms with E-state index in [1.807, 2.05) is 6.07 Å². The minimum atomic E-state index is -0.493. The number of hydrogen-bond acceptors (Lipinski definition) is 6. The Balaban J connectivity index is 2.10. The fourth-order valence-corrected chi connectivity index (χ4v) is 2.63. The summed E-state index contributed by atoms with van der Waals surface area (Å²) in [6.07, 6.45) is 2.07. The normalized spacial score (nSPS) is 13.3. The highest BCUT2D eigenvalue weighted by atomic mass is 32.2. The van der Waals surface area contributed by atoms with Gasteiger partial charge in [-0.05, 0) is 32.8 Å². The minimum Gasteiger partial charge on any atom is -0.462 e. The van der Waals surface area contributed by atoms with Crippen LogP contribution in [0.1, 0.15) is 41.4 Å². The lowest BCUT2D eigenvalue weighted by Crippen LogP contribution is -2.27. The van der Waals surface area contributed by atoms with Gasteiger partial charge in [0.05, 0.1) is 29.2 Å². The first-order chi connectivity index (χ1) is 10.5. The van der Waals surface area contributed by atoms with Gasteiger partial charge in [0, 0.05) is 6.04 Å². The number of nitrogens with zero attached hydrogens (tertiary/aromatic N) is 2. The van der Waals surface area contributed by atoms with E-state index < -0.39 is 5.97 Å². The van der Waals surface area contributed by atoms with E-state index in [0.717, 1.165) is 12.8 Å². The largest absolute Gasteiger partial charge is 0.462 e. The first-order valence-corrected chi connectivity index (χ1v) is 8.04. The van der Waals surface area contributed by atoms with Gasteiger partial charge in [0.1, 0.15) is 11.1 Å². The lowest BCUT2D eigenvalue weighted by molar-refractivity contribution is -0.118. The van der Waals surface area contributed by atoms with E-state index in [-0.39, 0.29) is 29.4 Å². The molecule has 1 amide bonds. The minimum absolute atomic E-state index is 0.0645. The summed E-state index contributed by atoms with van der Waals surface area (Å²) in [6, 6.07) is 3.80. The van der Waals surface area contributed by atoms with Crippen molar-refractivity contribution in [3.63, 3.8) is 0 Å². The highest BCUT2D eigenvalue weighted by Gasteiger charge is 2.23. The standard InChI is InChI=1S/C15H17N3O3S/c1-3-21-15(20)12-6-10(7-16)14(17-9(12)2)22-8-13(19)18-11-4-5-11/h6,11H,3-5,8H2,1-2H3,(H,18,19). The molecule has 7 heteroatoms. The molecule has 1 fully saturated rings. The Kier molecular flexibility index (Phi) is 5.39. The maximum Gasteiger partial charge on any atom is 0.340 e. The summed E-state index contributed by atoms with van der Waals surface area (Å²) in [5.74, 6) is -0.353. The van der Waals surface area contributed by atoms with Crippen molar-refractivity contribution in [2.75, 3.05) is 12.4 Å². The third-order valence-corrected chi connectivity index (χ3v) is 4.07. The predicted octanol–water partition coefficient (Wildman–Crippen LogP) is 1.81. The average Bonchev–Trinajstić information content (AvgIpc) is 3.29. The molecular weight excluding hydrogens is 302 g/mol. The van der Waals surface area contributed by atoms with Crippen LogP contribution >= 0.6 is 11.8 Å². The number of nitrogens with one attached hydrogen (secondary N) is 1. The molecule has 2 rings (SSSR count). The molecule has 1 aliphatic rings. The Labute approximate surface area is 133 Å².